The number of para-hydroxylation sites is 1. The molecular weight excluding hydrogens is 376 g/mol. The molecule has 1 saturated carbocycles. The Bertz CT molecular complexity index is 1010. The van der Waals surface area contributed by atoms with Gasteiger partial charge in [0.25, 0.3) is 5.56 Å². The van der Waals surface area contributed by atoms with Gasteiger partial charge in [0.05, 0.1) is 22.8 Å². The number of hydrogen-bond donors (Lipinski definition) is 0. The summed E-state index contributed by atoms with van der Waals surface area (Å²) in [6.07, 6.45) is 3.18. The van der Waals surface area contributed by atoms with Crippen molar-refractivity contribution in [2.45, 2.75) is 62.6 Å². The zero-order valence-electron chi connectivity index (χ0n) is 16.1. The first kappa shape index (κ1) is 19.1. The Labute approximate surface area is 167 Å². The van der Waals surface area contributed by atoms with Gasteiger partial charge in [-0.15, -0.1) is 10.2 Å². The van der Waals surface area contributed by atoms with Crippen molar-refractivity contribution < 1.29 is 9.15 Å². The fourth-order valence-corrected chi connectivity index (χ4v) is 3.81. The van der Waals surface area contributed by atoms with E-state index in [4.69, 9.17) is 14.1 Å². The minimum atomic E-state index is -0.0261. The van der Waals surface area contributed by atoms with Gasteiger partial charge in [-0.3, -0.25) is 9.36 Å². The predicted octanol–water partition coefficient (Wildman–Crippen LogP) is 3.76. The number of thioether (sulfide) groups is 1. The Morgan fingerprint density at radius 2 is 2.11 bits per heavy atom. The van der Waals surface area contributed by atoms with E-state index in [1.54, 1.807) is 4.57 Å². The fourth-order valence-electron chi connectivity index (χ4n) is 2.94. The van der Waals surface area contributed by atoms with E-state index in [9.17, 15) is 4.79 Å². The molecule has 2 heterocycles. The topological polar surface area (TPSA) is 83.0 Å². The highest BCUT2D eigenvalue weighted by atomic mass is 32.2. The number of aromatic nitrogens is 4. The number of rotatable bonds is 9. The normalized spacial score (nSPS) is 14.2. The quantitative estimate of drug-likeness (QED) is 0.307. The summed E-state index contributed by atoms with van der Waals surface area (Å²) in [4.78, 5) is 17.7. The molecule has 148 valence electrons. The minimum absolute atomic E-state index is 0.0261. The lowest BCUT2D eigenvalue weighted by atomic mass is 10.2. The average Bonchev–Trinajstić information content (AvgIpc) is 3.43. The van der Waals surface area contributed by atoms with Crippen LogP contribution in [0.15, 0.2) is 38.6 Å². The zero-order valence-corrected chi connectivity index (χ0v) is 16.9. The first-order valence-electron chi connectivity index (χ1n) is 9.68. The first-order chi connectivity index (χ1) is 13.6. The van der Waals surface area contributed by atoms with Gasteiger partial charge in [0.15, 0.2) is 5.16 Å². The third-order valence-corrected chi connectivity index (χ3v) is 5.50. The van der Waals surface area contributed by atoms with E-state index in [2.05, 4.69) is 10.2 Å². The third-order valence-electron chi connectivity index (χ3n) is 4.54. The van der Waals surface area contributed by atoms with E-state index in [0.717, 1.165) is 25.2 Å². The molecule has 0 unspecified atom stereocenters. The van der Waals surface area contributed by atoms with Gasteiger partial charge >= 0.3 is 0 Å². The van der Waals surface area contributed by atoms with E-state index in [0.29, 0.717) is 46.8 Å². The Morgan fingerprint density at radius 3 is 2.89 bits per heavy atom. The summed E-state index contributed by atoms with van der Waals surface area (Å²) in [5.41, 5.74) is 0.677. The maximum absolute atomic E-state index is 13.0. The van der Waals surface area contributed by atoms with Crippen LogP contribution in [-0.4, -0.2) is 32.5 Å². The van der Waals surface area contributed by atoms with Crippen molar-refractivity contribution in [3.05, 3.63) is 46.4 Å². The van der Waals surface area contributed by atoms with Gasteiger partial charge in [-0.1, -0.05) is 23.9 Å². The highest BCUT2D eigenvalue weighted by molar-refractivity contribution is 7.98. The number of benzene rings is 1. The molecule has 28 heavy (non-hydrogen) atoms. The molecular formula is C20H24N4O3S. The molecule has 0 radical (unpaired) electrons. The first-order valence-corrected chi connectivity index (χ1v) is 10.7. The van der Waals surface area contributed by atoms with E-state index in [-0.39, 0.29) is 11.7 Å². The highest BCUT2D eigenvalue weighted by Gasteiger charge is 2.29. The largest absolute Gasteiger partial charge is 0.424 e. The maximum Gasteiger partial charge on any atom is 0.262 e. The molecule has 0 amide bonds. The second kappa shape index (κ2) is 8.45. The highest BCUT2D eigenvalue weighted by Crippen LogP contribution is 2.39. The summed E-state index contributed by atoms with van der Waals surface area (Å²) in [5, 5.41) is 9.55. The molecule has 7 nitrogen and oxygen atoms in total. The van der Waals surface area contributed by atoms with Crippen LogP contribution < -0.4 is 5.56 Å². The lowest BCUT2D eigenvalue weighted by Crippen LogP contribution is -2.24. The van der Waals surface area contributed by atoms with Crippen molar-refractivity contribution in [2.24, 2.45) is 0 Å². The lowest BCUT2D eigenvalue weighted by Gasteiger charge is -2.13. The van der Waals surface area contributed by atoms with Gasteiger partial charge in [0.2, 0.25) is 11.8 Å². The molecule has 0 aliphatic heterocycles. The lowest BCUT2D eigenvalue weighted by molar-refractivity contribution is 0.0743. The van der Waals surface area contributed by atoms with Crippen LogP contribution in [0, 0.1) is 0 Å². The third kappa shape index (κ3) is 4.44. The molecule has 1 fully saturated rings. The van der Waals surface area contributed by atoms with Crippen LogP contribution in [0.1, 0.15) is 50.8 Å². The fraction of sp³-hybridized carbons (Fsp3) is 0.500. The number of nitrogens with zero attached hydrogens (tertiary/aromatic N) is 4. The second-order valence-electron chi connectivity index (χ2n) is 7.24. The number of ether oxygens (including phenoxy) is 1. The van der Waals surface area contributed by atoms with Crippen molar-refractivity contribution in [3.8, 4) is 0 Å². The molecule has 1 aliphatic rings. The summed E-state index contributed by atoms with van der Waals surface area (Å²) < 4.78 is 13.1. The predicted molar refractivity (Wildman–Crippen MR) is 108 cm³/mol. The molecule has 4 rings (SSSR count). The summed E-state index contributed by atoms with van der Waals surface area (Å²) >= 11 is 1.45. The Hall–Kier alpha value is -2.19. The van der Waals surface area contributed by atoms with Crippen LogP contribution in [0.4, 0.5) is 0 Å². The van der Waals surface area contributed by atoms with Crippen LogP contribution in [0.5, 0.6) is 0 Å². The Balaban J connectivity index is 1.54. The summed E-state index contributed by atoms with van der Waals surface area (Å²) in [6.45, 7) is 5.18. The summed E-state index contributed by atoms with van der Waals surface area (Å²) in [5.74, 6) is 2.23. The average molecular weight is 401 g/mol. The molecule has 1 aliphatic carbocycles. The second-order valence-corrected chi connectivity index (χ2v) is 8.18. The monoisotopic (exact) mass is 400 g/mol. The standard InChI is InChI=1S/C20H24N4O3S/c1-13(2)26-11-5-10-24-19(25)15-6-3-4-7-16(15)21-20(24)28-12-17-22-23-18(27-17)14-8-9-14/h3-4,6-7,13-14H,5,8-12H2,1-2H3. The molecule has 0 atom stereocenters. The molecule has 8 heteroatoms. The van der Waals surface area contributed by atoms with Gasteiger partial charge in [-0.2, -0.15) is 0 Å². The van der Waals surface area contributed by atoms with Crippen molar-refractivity contribution in [3.63, 3.8) is 0 Å². The minimum Gasteiger partial charge on any atom is -0.424 e. The van der Waals surface area contributed by atoms with Crippen LogP contribution in [0.25, 0.3) is 10.9 Å². The van der Waals surface area contributed by atoms with Crippen LogP contribution in [0.3, 0.4) is 0 Å². The van der Waals surface area contributed by atoms with Gasteiger partial charge < -0.3 is 9.15 Å². The molecule has 0 bridgehead atoms. The number of hydrogen-bond acceptors (Lipinski definition) is 7. The van der Waals surface area contributed by atoms with Crippen molar-refractivity contribution in [1.82, 2.24) is 19.7 Å². The van der Waals surface area contributed by atoms with E-state index >= 15 is 0 Å². The molecule has 0 spiro atoms. The van der Waals surface area contributed by atoms with Gasteiger partial charge in [0.1, 0.15) is 0 Å². The van der Waals surface area contributed by atoms with E-state index < -0.39 is 0 Å². The Morgan fingerprint density at radius 1 is 1.29 bits per heavy atom. The van der Waals surface area contributed by atoms with Crippen LogP contribution >= 0.6 is 11.8 Å². The Kier molecular flexibility index (Phi) is 5.77. The summed E-state index contributed by atoms with van der Waals surface area (Å²) in [6, 6.07) is 7.44. The van der Waals surface area contributed by atoms with Crippen molar-refractivity contribution in [1.29, 1.82) is 0 Å². The van der Waals surface area contributed by atoms with E-state index in [1.165, 1.54) is 11.8 Å². The molecule has 1 aromatic carbocycles. The number of fused-ring (bicyclic) bond motifs is 1. The maximum atomic E-state index is 13.0. The SMILES string of the molecule is CC(C)OCCCn1c(SCc2nnc(C3CC3)o2)nc2ccccc2c1=O. The van der Waals surface area contributed by atoms with Gasteiger partial charge in [-0.25, -0.2) is 4.98 Å². The van der Waals surface area contributed by atoms with Crippen molar-refractivity contribution in [2.75, 3.05) is 6.61 Å². The smallest absolute Gasteiger partial charge is 0.262 e. The van der Waals surface area contributed by atoms with Gasteiger partial charge in [0, 0.05) is 19.1 Å². The molecule has 3 aromatic rings. The van der Waals surface area contributed by atoms with Crippen molar-refractivity contribution >= 4 is 22.7 Å². The van der Waals surface area contributed by atoms with Crippen LogP contribution in [-0.2, 0) is 17.0 Å². The molecule has 0 saturated heterocycles. The van der Waals surface area contributed by atoms with Gasteiger partial charge in [-0.05, 0) is 45.2 Å². The van der Waals surface area contributed by atoms with E-state index in [1.807, 2.05) is 38.1 Å². The molecule has 2 aromatic heterocycles. The zero-order chi connectivity index (χ0) is 19.5. The van der Waals surface area contributed by atoms with Crippen LogP contribution in [0.2, 0.25) is 0 Å². The molecule has 0 N–H and O–H groups in total. The summed E-state index contributed by atoms with van der Waals surface area (Å²) in [7, 11) is 0.